The molecule has 0 radical (unpaired) electrons. The molecule has 0 aromatic rings. The van der Waals surface area contributed by atoms with E-state index < -0.39 is 6.10 Å². The monoisotopic (exact) mass is 727 g/mol. The highest BCUT2D eigenvalue weighted by atomic mass is 16.5. The van der Waals surface area contributed by atoms with Gasteiger partial charge in [-0.05, 0) is 38.0 Å². The average molecular weight is 727 g/mol. The van der Waals surface area contributed by atoms with Crippen LogP contribution in [0.3, 0.4) is 0 Å². The van der Waals surface area contributed by atoms with Crippen LogP contribution in [0.1, 0.15) is 259 Å². The summed E-state index contributed by atoms with van der Waals surface area (Å²) >= 11 is 0. The number of aliphatic hydroxyl groups excluding tert-OH is 3. The van der Waals surface area contributed by atoms with E-state index in [9.17, 15) is 4.79 Å². The summed E-state index contributed by atoms with van der Waals surface area (Å²) in [5, 5.41) is 24.0. The second-order valence-electron chi connectivity index (χ2n) is 16.2. The first-order chi connectivity index (χ1) is 24.9. The standard InChI is InChI=1S/C43H86O2.C3H8O3/c1-5-7-9-11-13-15-17-19-21-23-25-27-29-31-35-39-42(45-43(44)40-36-32-33-37-41(3)4)38-34-30-28-26-24-22-20-18-16-14-12-10-8-6-2;4-1-3(6)2-5/h41-42H,5-40H2,1-4H3;3-6H,1-2H2. The topological polar surface area (TPSA) is 87.0 Å². The minimum absolute atomic E-state index is 0.0656. The second kappa shape index (κ2) is 45.5. The van der Waals surface area contributed by atoms with Gasteiger partial charge in [-0.1, -0.05) is 220 Å². The van der Waals surface area contributed by atoms with E-state index in [0.29, 0.717) is 6.42 Å². The predicted molar refractivity (Wildman–Crippen MR) is 222 cm³/mol. The summed E-state index contributed by atoms with van der Waals surface area (Å²) in [6.07, 6.45) is 47.2. The summed E-state index contributed by atoms with van der Waals surface area (Å²) in [6.45, 7) is 8.44. The van der Waals surface area contributed by atoms with Crippen molar-refractivity contribution >= 4 is 5.97 Å². The molecule has 5 nitrogen and oxygen atoms in total. The van der Waals surface area contributed by atoms with E-state index in [1.54, 1.807) is 0 Å². The number of hydrogen-bond acceptors (Lipinski definition) is 5. The number of carbonyl (C=O) groups excluding carboxylic acids is 1. The first kappa shape index (κ1) is 52.5. The Morgan fingerprint density at radius 1 is 0.431 bits per heavy atom. The van der Waals surface area contributed by atoms with Crippen molar-refractivity contribution in [1.82, 2.24) is 0 Å². The third kappa shape index (κ3) is 47.3. The molecule has 0 aromatic heterocycles. The summed E-state index contributed by atoms with van der Waals surface area (Å²) in [4.78, 5) is 12.6. The Kier molecular flexibility index (Phi) is 46.8. The maximum atomic E-state index is 12.6. The zero-order valence-electron chi connectivity index (χ0n) is 35.3. The van der Waals surface area contributed by atoms with Crippen LogP contribution in [-0.2, 0) is 9.53 Å². The molecular weight excluding hydrogens is 633 g/mol. The summed E-state index contributed by atoms with van der Waals surface area (Å²) in [6, 6.07) is 0. The van der Waals surface area contributed by atoms with Gasteiger partial charge in [0.05, 0.1) is 13.2 Å². The van der Waals surface area contributed by atoms with Crippen LogP contribution >= 0.6 is 0 Å². The Morgan fingerprint density at radius 2 is 0.706 bits per heavy atom. The molecule has 1 atom stereocenters. The minimum Gasteiger partial charge on any atom is -0.462 e. The van der Waals surface area contributed by atoms with Gasteiger partial charge in [0.15, 0.2) is 0 Å². The summed E-state index contributed by atoms with van der Waals surface area (Å²) in [7, 11) is 0. The lowest BCUT2D eigenvalue weighted by molar-refractivity contribution is -0.150. The van der Waals surface area contributed by atoms with Crippen molar-refractivity contribution < 1.29 is 24.9 Å². The Balaban J connectivity index is 0. The molecule has 51 heavy (non-hydrogen) atoms. The van der Waals surface area contributed by atoms with Crippen molar-refractivity contribution in [2.75, 3.05) is 13.2 Å². The van der Waals surface area contributed by atoms with Crippen LogP contribution in [-0.4, -0.2) is 46.7 Å². The van der Waals surface area contributed by atoms with Crippen LogP contribution in [0, 0.1) is 5.92 Å². The Hall–Kier alpha value is -0.650. The molecule has 0 fully saturated rings. The van der Waals surface area contributed by atoms with E-state index in [2.05, 4.69) is 27.7 Å². The van der Waals surface area contributed by atoms with Gasteiger partial charge in [-0.2, -0.15) is 0 Å². The molecule has 0 aromatic carbocycles. The summed E-state index contributed by atoms with van der Waals surface area (Å²) < 4.78 is 6.07. The molecule has 3 N–H and O–H groups in total. The zero-order chi connectivity index (χ0) is 37.9. The molecule has 0 heterocycles. The third-order valence-electron chi connectivity index (χ3n) is 10.4. The van der Waals surface area contributed by atoms with Gasteiger partial charge in [-0.15, -0.1) is 0 Å². The maximum Gasteiger partial charge on any atom is 0.306 e. The maximum absolute atomic E-state index is 12.6. The number of ether oxygens (including phenoxy) is 1. The van der Waals surface area contributed by atoms with Gasteiger partial charge in [0.2, 0.25) is 0 Å². The zero-order valence-corrected chi connectivity index (χ0v) is 35.3. The van der Waals surface area contributed by atoms with E-state index in [-0.39, 0.29) is 25.3 Å². The summed E-state index contributed by atoms with van der Waals surface area (Å²) in [5.41, 5.74) is 0. The van der Waals surface area contributed by atoms with Crippen molar-refractivity contribution in [3.63, 3.8) is 0 Å². The highest BCUT2D eigenvalue weighted by Crippen LogP contribution is 2.20. The lowest BCUT2D eigenvalue weighted by Crippen LogP contribution is -2.18. The van der Waals surface area contributed by atoms with Gasteiger partial charge >= 0.3 is 5.97 Å². The smallest absolute Gasteiger partial charge is 0.306 e. The van der Waals surface area contributed by atoms with Crippen LogP contribution in [0.5, 0.6) is 0 Å². The normalized spacial score (nSPS) is 12.0. The Morgan fingerprint density at radius 3 is 0.980 bits per heavy atom. The molecule has 0 saturated heterocycles. The SMILES string of the molecule is CCCCCCCCCCCCCCCCCC(CCCCCCCCCCCCCCCC)OC(=O)CCCCCC(C)C.OCC(O)CO. The third-order valence-corrected chi connectivity index (χ3v) is 10.4. The van der Waals surface area contributed by atoms with Crippen molar-refractivity contribution in [1.29, 1.82) is 0 Å². The van der Waals surface area contributed by atoms with Gasteiger partial charge in [0, 0.05) is 6.42 Å². The molecule has 0 aliphatic carbocycles. The Labute approximate surface area is 320 Å². The lowest BCUT2D eigenvalue weighted by Gasteiger charge is -2.18. The molecule has 0 spiro atoms. The lowest BCUT2D eigenvalue weighted by atomic mass is 10.0. The molecule has 0 aliphatic heterocycles. The summed E-state index contributed by atoms with van der Waals surface area (Å²) in [5.74, 6) is 0.831. The fourth-order valence-corrected chi connectivity index (χ4v) is 6.87. The average Bonchev–Trinajstić information content (AvgIpc) is 3.12. The Bertz CT molecular complexity index is 635. The van der Waals surface area contributed by atoms with Crippen LogP contribution in [0.25, 0.3) is 0 Å². The molecule has 308 valence electrons. The fraction of sp³-hybridized carbons (Fsp3) is 0.978. The fourth-order valence-electron chi connectivity index (χ4n) is 6.87. The van der Waals surface area contributed by atoms with E-state index in [1.165, 1.54) is 199 Å². The first-order valence-electron chi connectivity index (χ1n) is 23.0. The van der Waals surface area contributed by atoms with E-state index in [4.69, 9.17) is 20.1 Å². The number of aliphatic hydroxyl groups is 3. The number of carbonyl (C=O) groups is 1. The van der Waals surface area contributed by atoms with Gasteiger partial charge < -0.3 is 20.1 Å². The van der Waals surface area contributed by atoms with Crippen LogP contribution in [0.15, 0.2) is 0 Å². The number of unbranched alkanes of at least 4 members (excludes halogenated alkanes) is 29. The number of rotatable bonds is 40. The van der Waals surface area contributed by atoms with Crippen molar-refractivity contribution in [2.24, 2.45) is 5.92 Å². The molecule has 0 rings (SSSR count). The highest BCUT2D eigenvalue weighted by molar-refractivity contribution is 5.69. The largest absolute Gasteiger partial charge is 0.462 e. The predicted octanol–water partition coefficient (Wildman–Crippen LogP) is 14.0. The molecule has 1 unspecified atom stereocenters. The molecule has 0 saturated carbocycles. The highest BCUT2D eigenvalue weighted by Gasteiger charge is 2.14. The van der Waals surface area contributed by atoms with Crippen LogP contribution < -0.4 is 0 Å². The van der Waals surface area contributed by atoms with Crippen LogP contribution in [0.4, 0.5) is 0 Å². The van der Waals surface area contributed by atoms with E-state index in [1.807, 2.05) is 0 Å². The van der Waals surface area contributed by atoms with Gasteiger partial charge in [0.1, 0.15) is 12.2 Å². The quantitative estimate of drug-likeness (QED) is 0.0432. The molecule has 0 bridgehead atoms. The van der Waals surface area contributed by atoms with Crippen molar-refractivity contribution in [3.05, 3.63) is 0 Å². The van der Waals surface area contributed by atoms with Crippen molar-refractivity contribution in [3.8, 4) is 0 Å². The molecule has 0 amide bonds. The number of esters is 1. The second-order valence-corrected chi connectivity index (χ2v) is 16.2. The van der Waals surface area contributed by atoms with E-state index >= 15 is 0 Å². The molecule has 0 aliphatic rings. The van der Waals surface area contributed by atoms with Gasteiger partial charge in [-0.3, -0.25) is 4.79 Å². The minimum atomic E-state index is -0.954. The van der Waals surface area contributed by atoms with Crippen molar-refractivity contribution in [2.45, 2.75) is 271 Å². The van der Waals surface area contributed by atoms with Gasteiger partial charge in [-0.25, -0.2) is 0 Å². The first-order valence-corrected chi connectivity index (χ1v) is 23.0. The number of hydrogen-bond donors (Lipinski definition) is 3. The molecular formula is C46H94O5. The molecule has 5 heteroatoms. The van der Waals surface area contributed by atoms with Crippen LogP contribution in [0.2, 0.25) is 0 Å². The van der Waals surface area contributed by atoms with Gasteiger partial charge in [0.25, 0.3) is 0 Å². The van der Waals surface area contributed by atoms with E-state index in [0.717, 1.165) is 31.6 Å².